The van der Waals surface area contributed by atoms with E-state index in [1.807, 2.05) is 36.2 Å². The summed E-state index contributed by atoms with van der Waals surface area (Å²) in [5, 5.41) is 1.67. The molecule has 1 aromatic carbocycles. The number of thioether (sulfide) groups is 1. The molecule has 0 aliphatic carbocycles. The summed E-state index contributed by atoms with van der Waals surface area (Å²) in [6, 6.07) is 7.68. The second-order valence-corrected chi connectivity index (χ2v) is 8.68. The van der Waals surface area contributed by atoms with Crippen LogP contribution in [0.25, 0.3) is 0 Å². The van der Waals surface area contributed by atoms with Crippen LogP contribution in [0.2, 0.25) is 5.02 Å². The molecule has 2 aliphatic heterocycles. The minimum atomic E-state index is -2.91. The maximum Gasteiger partial charge on any atom is 0.159 e. The van der Waals surface area contributed by atoms with E-state index in [9.17, 15) is 8.42 Å². The van der Waals surface area contributed by atoms with Crippen LogP contribution in [0.3, 0.4) is 0 Å². The fraction of sp³-hybridized carbons (Fsp3) is 0.462. The predicted molar refractivity (Wildman–Crippen MR) is 84.2 cm³/mol. The first-order valence-electron chi connectivity index (χ1n) is 6.33. The van der Waals surface area contributed by atoms with Crippen LogP contribution in [0, 0.1) is 0 Å². The molecule has 0 amide bonds. The number of benzene rings is 1. The molecule has 0 radical (unpaired) electrons. The molecule has 20 heavy (non-hydrogen) atoms. The van der Waals surface area contributed by atoms with E-state index < -0.39 is 9.84 Å². The first-order chi connectivity index (χ1) is 9.44. The first-order valence-corrected chi connectivity index (χ1v) is 9.51. The van der Waals surface area contributed by atoms with Crippen LogP contribution in [0.15, 0.2) is 29.3 Å². The van der Waals surface area contributed by atoms with Crippen LogP contribution in [0.4, 0.5) is 0 Å². The fourth-order valence-corrected chi connectivity index (χ4v) is 5.63. The van der Waals surface area contributed by atoms with Crippen molar-refractivity contribution in [3.63, 3.8) is 0 Å². The molecule has 2 atom stereocenters. The fourth-order valence-electron chi connectivity index (χ4n) is 2.55. The van der Waals surface area contributed by atoms with Crippen molar-refractivity contribution in [3.8, 4) is 0 Å². The van der Waals surface area contributed by atoms with E-state index in [0.29, 0.717) is 0 Å². The third-order valence-electron chi connectivity index (χ3n) is 3.65. The molecule has 2 aliphatic rings. The Kier molecular flexibility index (Phi) is 3.73. The van der Waals surface area contributed by atoms with E-state index in [0.717, 1.165) is 15.9 Å². The van der Waals surface area contributed by atoms with E-state index >= 15 is 0 Å². The average molecular weight is 331 g/mol. The van der Waals surface area contributed by atoms with Gasteiger partial charge in [0.15, 0.2) is 15.0 Å². The molecule has 0 bridgehead atoms. The van der Waals surface area contributed by atoms with Crippen molar-refractivity contribution in [2.45, 2.75) is 17.8 Å². The van der Waals surface area contributed by atoms with Crippen molar-refractivity contribution in [2.24, 2.45) is 4.99 Å². The number of fused-ring (bicyclic) bond motifs is 1. The van der Waals surface area contributed by atoms with Crippen molar-refractivity contribution in [2.75, 3.05) is 18.6 Å². The molecule has 108 valence electrons. The number of halogens is 1. The Morgan fingerprint density at radius 3 is 2.70 bits per heavy atom. The van der Waals surface area contributed by atoms with Gasteiger partial charge < -0.3 is 4.90 Å². The molecule has 0 N–H and O–H groups in total. The van der Waals surface area contributed by atoms with Crippen LogP contribution >= 0.6 is 23.4 Å². The summed E-state index contributed by atoms with van der Waals surface area (Å²) in [4.78, 5) is 6.57. The molecule has 2 heterocycles. The standard InChI is InChI=1S/C13H15ClN2O2S2/c1-16-12-8-20(17,18)7-11(12)15-13(16)19-6-9-2-4-10(14)5-3-9/h2-5,11-12H,6-8H2,1H3/t11-,12+/m1/s1. The van der Waals surface area contributed by atoms with Gasteiger partial charge in [0.25, 0.3) is 0 Å². The van der Waals surface area contributed by atoms with Crippen molar-refractivity contribution < 1.29 is 8.42 Å². The van der Waals surface area contributed by atoms with Gasteiger partial charge in [-0.1, -0.05) is 35.5 Å². The molecular weight excluding hydrogens is 316 g/mol. The SMILES string of the molecule is CN1C(SCc2ccc(Cl)cc2)=N[C@@H]2CS(=O)(=O)C[C@@H]21. The number of rotatable bonds is 2. The van der Waals surface area contributed by atoms with Gasteiger partial charge in [0.1, 0.15) is 0 Å². The van der Waals surface area contributed by atoms with Gasteiger partial charge in [-0.15, -0.1) is 0 Å². The number of hydrogen-bond acceptors (Lipinski definition) is 5. The van der Waals surface area contributed by atoms with Crippen molar-refractivity contribution in [3.05, 3.63) is 34.9 Å². The van der Waals surface area contributed by atoms with Crippen molar-refractivity contribution >= 4 is 38.4 Å². The largest absolute Gasteiger partial charge is 0.348 e. The van der Waals surface area contributed by atoms with Gasteiger partial charge in [0.05, 0.1) is 23.6 Å². The van der Waals surface area contributed by atoms with E-state index in [1.165, 1.54) is 5.56 Å². The summed E-state index contributed by atoms with van der Waals surface area (Å²) < 4.78 is 23.2. The molecule has 0 saturated carbocycles. The van der Waals surface area contributed by atoms with Crippen LogP contribution in [0.1, 0.15) is 5.56 Å². The minimum absolute atomic E-state index is 0.0210. The lowest BCUT2D eigenvalue weighted by atomic mass is 10.2. The summed E-state index contributed by atoms with van der Waals surface area (Å²) in [6.07, 6.45) is 0. The Morgan fingerprint density at radius 2 is 2.05 bits per heavy atom. The van der Waals surface area contributed by atoms with Crippen LogP contribution in [-0.2, 0) is 15.6 Å². The number of amidine groups is 1. The van der Waals surface area contributed by atoms with E-state index in [-0.39, 0.29) is 23.6 Å². The van der Waals surface area contributed by atoms with Gasteiger partial charge in [-0.05, 0) is 17.7 Å². The smallest absolute Gasteiger partial charge is 0.159 e. The zero-order valence-corrected chi connectivity index (χ0v) is 13.4. The Labute approximate surface area is 128 Å². The molecule has 7 heteroatoms. The van der Waals surface area contributed by atoms with Gasteiger partial charge in [0, 0.05) is 17.8 Å². The lowest BCUT2D eigenvalue weighted by molar-refractivity contribution is 0.410. The second kappa shape index (κ2) is 5.24. The summed E-state index contributed by atoms with van der Waals surface area (Å²) in [7, 11) is -0.977. The quantitative estimate of drug-likeness (QED) is 0.832. The molecule has 0 spiro atoms. The van der Waals surface area contributed by atoms with Gasteiger partial charge >= 0.3 is 0 Å². The molecule has 1 fully saturated rings. The minimum Gasteiger partial charge on any atom is -0.348 e. The Bertz CT molecular complexity index is 643. The number of aliphatic imine (C=N–C) groups is 1. The molecule has 0 unspecified atom stereocenters. The Morgan fingerprint density at radius 1 is 1.35 bits per heavy atom. The predicted octanol–water partition coefficient (Wildman–Crippen LogP) is 2.04. The second-order valence-electron chi connectivity index (χ2n) is 5.15. The summed E-state index contributed by atoms with van der Waals surface area (Å²) in [5.41, 5.74) is 1.18. The van der Waals surface area contributed by atoms with Crippen molar-refractivity contribution in [1.29, 1.82) is 0 Å². The molecule has 4 nitrogen and oxygen atoms in total. The molecular formula is C13H15ClN2O2S2. The number of sulfone groups is 1. The molecule has 1 aromatic rings. The van der Waals surface area contributed by atoms with Crippen molar-refractivity contribution in [1.82, 2.24) is 4.90 Å². The number of hydrogen-bond donors (Lipinski definition) is 0. The van der Waals surface area contributed by atoms with Crippen LogP contribution in [0.5, 0.6) is 0 Å². The summed E-state index contributed by atoms with van der Waals surface area (Å²) >= 11 is 7.50. The Hall–Kier alpha value is -0.720. The summed E-state index contributed by atoms with van der Waals surface area (Å²) in [6.45, 7) is 0. The Balaban J connectivity index is 1.66. The zero-order valence-electron chi connectivity index (χ0n) is 11.0. The van der Waals surface area contributed by atoms with Gasteiger partial charge in [-0.2, -0.15) is 0 Å². The van der Waals surface area contributed by atoms with E-state index in [4.69, 9.17) is 11.6 Å². The van der Waals surface area contributed by atoms with Gasteiger partial charge in [-0.25, -0.2) is 8.42 Å². The maximum absolute atomic E-state index is 11.6. The van der Waals surface area contributed by atoms with Gasteiger partial charge in [0.2, 0.25) is 0 Å². The third-order valence-corrected chi connectivity index (χ3v) is 6.73. The normalized spacial score (nSPS) is 27.5. The third kappa shape index (κ3) is 2.82. The highest BCUT2D eigenvalue weighted by Crippen LogP contribution is 2.30. The van der Waals surface area contributed by atoms with Crippen LogP contribution in [-0.4, -0.2) is 49.1 Å². The lowest BCUT2D eigenvalue weighted by Crippen LogP contribution is -2.35. The highest BCUT2D eigenvalue weighted by molar-refractivity contribution is 8.13. The monoisotopic (exact) mass is 330 g/mol. The molecule has 3 rings (SSSR count). The average Bonchev–Trinajstić information content (AvgIpc) is 2.83. The van der Waals surface area contributed by atoms with Gasteiger partial charge in [-0.3, -0.25) is 4.99 Å². The maximum atomic E-state index is 11.6. The van der Waals surface area contributed by atoms with Crippen LogP contribution < -0.4 is 0 Å². The van der Waals surface area contributed by atoms with E-state index in [1.54, 1.807) is 11.8 Å². The highest BCUT2D eigenvalue weighted by Gasteiger charge is 2.44. The van der Waals surface area contributed by atoms with E-state index in [2.05, 4.69) is 4.99 Å². The molecule has 0 aromatic heterocycles. The zero-order chi connectivity index (χ0) is 14.3. The number of nitrogens with zero attached hydrogens (tertiary/aromatic N) is 2. The number of likely N-dealkylation sites (N-methyl/N-ethyl adjacent to an activating group) is 1. The lowest BCUT2D eigenvalue weighted by Gasteiger charge is -2.20. The highest BCUT2D eigenvalue weighted by atomic mass is 35.5. The summed E-state index contributed by atoms with van der Waals surface area (Å²) in [5.74, 6) is 1.22. The molecule has 1 saturated heterocycles. The topological polar surface area (TPSA) is 49.7 Å². The first kappa shape index (κ1) is 14.2.